The maximum absolute atomic E-state index is 11.2. The summed E-state index contributed by atoms with van der Waals surface area (Å²) >= 11 is 3.49. The van der Waals surface area contributed by atoms with Gasteiger partial charge in [-0.1, -0.05) is 42.5 Å². The minimum Gasteiger partial charge on any atom is -0.365 e. The van der Waals surface area contributed by atoms with Gasteiger partial charge in [-0.3, -0.25) is 14.5 Å². The molecule has 134 valence electrons. The van der Waals surface area contributed by atoms with Crippen LogP contribution in [0.1, 0.15) is 5.56 Å². The van der Waals surface area contributed by atoms with Crippen LogP contribution in [0.3, 0.4) is 0 Å². The largest absolute Gasteiger partial charge is 0.365 e. The molecule has 2 aromatic carbocycles. The van der Waals surface area contributed by atoms with E-state index in [0.717, 1.165) is 21.5 Å². The third-order valence-electron chi connectivity index (χ3n) is 4.22. The van der Waals surface area contributed by atoms with Crippen LogP contribution in [0.4, 0.5) is 11.5 Å². The van der Waals surface area contributed by atoms with Crippen molar-refractivity contribution in [3.8, 4) is 11.3 Å². The number of fused-ring (bicyclic) bond motifs is 1. The average molecular weight is 423 g/mol. The number of nitro groups is 1. The molecule has 2 aromatic heterocycles. The molecular weight excluding hydrogens is 408 g/mol. The summed E-state index contributed by atoms with van der Waals surface area (Å²) in [4.78, 5) is 15.5. The van der Waals surface area contributed by atoms with Gasteiger partial charge in [-0.25, -0.2) is 4.98 Å². The summed E-state index contributed by atoms with van der Waals surface area (Å²) in [5.74, 6) is 0.788. The van der Waals surface area contributed by atoms with E-state index in [1.807, 2.05) is 59.1 Å². The second kappa shape index (κ2) is 7.20. The minimum atomic E-state index is -0.396. The van der Waals surface area contributed by atoms with Crippen LogP contribution in [0.25, 0.3) is 16.9 Å². The maximum atomic E-state index is 11.2. The second-order valence-electron chi connectivity index (χ2n) is 6.03. The number of halogens is 1. The molecule has 0 radical (unpaired) electrons. The van der Waals surface area contributed by atoms with Crippen LogP contribution in [-0.2, 0) is 6.54 Å². The molecule has 0 amide bonds. The second-order valence-corrected chi connectivity index (χ2v) is 6.95. The molecule has 2 heterocycles. The Bertz CT molecular complexity index is 1130. The average Bonchev–Trinajstić information content (AvgIpc) is 3.05. The fraction of sp³-hybridized carbons (Fsp3) is 0.0500. The Kier molecular flexibility index (Phi) is 4.60. The Morgan fingerprint density at radius 3 is 2.67 bits per heavy atom. The third-order valence-corrected chi connectivity index (χ3v) is 4.68. The summed E-state index contributed by atoms with van der Waals surface area (Å²) in [5.41, 5.74) is 3.30. The first-order valence-electron chi connectivity index (χ1n) is 8.32. The van der Waals surface area contributed by atoms with Gasteiger partial charge in [0.25, 0.3) is 5.69 Å². The summed E-state index contributed by atoms with van der Waals surface area (Å²) in [5, 5.41) is 14.6. The number of anilines is 1. The van der Waals surface area contributed by atoms with E-state index < -0.39 is 4.92 Å². The molecule has 4 aromatic rings. The molecule has 7 heteroatoms. The lowest BCUT2D eigenvalue weighted by Crippen LogP contribution is -2.03. The van der Waals surface area contributed by atoms with E-state index in [0.29, 0.717) is 17.8 Å². The van der Waals surface area contributed by atoms with Crippen molar-refractivity contribution in [3.05, 3.63) is 93.1 Å². The number of non-ortho nitro benzene ring substituents is 1. The predicted octanol–water partition coefficient (Wildman–Crippen LogP) is 5.28. The van der Waals surface area contributed by atoms with E-state index in [1.54, 1.807) is 12.1 Å². The van der Waals surface area contributed by atoms with E-state index in [1.165, 1.54) is 6.07 Å². The lowest BCUT2D eigenvalue weighted by molar-refractivity contribution is -0.384. The van der Waals surface area contributed by atoms with E-state index in [4.69, 9.17) is 4.98 Å². The molecule has 0 bridgehead atoms. The number of nitrogens with zero attached hydrogens (tertiary/aromatic N) is 3. The first kappa shape index (κ1) is 17.2. The van der Waals surface area contributed by atoms with Crippen molar-refractivity contribution in [1.82, 2.24) is 9.38 Å². The maximum Gasteiger partial charge on any atom is 0.270 e. The molecular formula is C20H15BrN4O2. The molecule has 0 aliphatic rings. The number of aromatic nitrogens is 2. The molecule has 0 saturated heterocycles. The monoisotopic (exact) mass is 422 g/mol. The Labute approximate surface area is 163 Å². The lowest BCUT2D eigenvalue weighted by atomic mass is 10.1. The minimum absolute atomic E-state index is 0.0414. The SMILES string of the molecule is O=[N+]([O-])c1cccc(-c2nc3ccc(Br)cn3c2NCc2ccccc2)c1. The van der Waals surface area contributed by atoms with Crippen molar-refractivity contribution in [2.75, 3.05) is 5.32 Å². The van der Waals surface area contributed by atoms with Gasteiger partial charge < -0.3 is 5.32 Å². The zero-order chi connectivity index (χ0) is 18.8. The highest BCUT2D eigenvalue weighted by Gasteiger charge is 2.16. The summed E-state index contributed by atoms with van der Waals surface area (Å²) in [7, 11) is 0. The van der Waals surface area contributed by atoms with Crippen molar-refractivity contribution in [3.63, 3.8) is 0 Å². The lowest BCUT2D eigenvalue weighted by Gasteiger charge is -2.09. The normalized spacial score (nSPS) is 10.9. The topological polar surface area (TPSA) is 72.5 Å². The van der Waals surface area contributed by atoms with Gasteiger partial charge in [0.2, 0.25) is 0 Å². The molecule has 1 N–H and O–H groups in total. The molecule has 27 heavy (non-hydrogen) atoms. The van der Waals surface area contributed by atoms with Gasteiger partial charge >= 0.3 is 0 Å². The number of hydrogen-bond acceptors (Lipinski definition) is 4. The van der Waals surface area contributed by atoms with Crippen molar-refractivity contribution >= 4 is 33.1 Å². The van der Waals surface area contributed by atoms with Gasteiger partial charge in [0.1, 0.15) is 17.2 Å². The third kappa shape index (κ3) is 3.54. The Hall–Kier alpha value is -3.19. The van der Waals surface area contributed by atoms with Crippen molar-refractivity contribution in [2.45, 2.75) is 6.54 Å². The highest BCUT2D eigenvalue weighted by Crippen LogP contribution is 2.32. The van der Waals surface area contributed by atoms with Gasteiger partial charge in [0, 0.05) is 34.9 Å². The number of imidazole rings is 1. The molecule has 0 aliphatic carbocycles. The number of benzene rings is 2. The number of hydrogen-bond donors (Lipinski definition) is 1. The number of pyridine rings is 1. The summed E-state index contributed by atoms with van der Waals surface area (Å²) in [6.45, 7) is 0.614. The van der Waals surface area contributed by atoms with Gasteiger partial charge in [-0.05, 0) is 33.6 Å². The summed E-state index contributed by atoms with van der Waals surface area (Å²) in [6.07, 6.45) is 1.93. The Morgan fingerprint density at radius 1 is 1.07 bits per heavy atom. The van der Waals surface area contributed by atoms with E-state index in [9.17, 15) is 10.1 Å². The smallest absolute Gasteiger partial charge is 0.270 e. The quantitative estimate of drug-likeness (QED) is 0.350. The highest BCUT2D eigenvalue weighted by atomic mass is 79.9. The first-order valence-corrected chi connectivity index (χ1v) is 9.11. The standard InChI is InChI=1S/C20H15BrN4O2/c21-16-9-10-18-23-19(15-7-4-8-17(11-15)25(26)27)20(24(18)13-16)22-12-14-5-2-1-3-6-14/h1-11,13,22H,12H2. The predicted molar refractivity (Wildman–Crippen MR) is 109 cm³/mol. The fourth-order valence-corrected chi connectivity index (χ4v) is 3.27. The molecule has 0 unspecified atom stereocenters. The molecule has 0 aliphatic heterocycles. The molecule has 0 saturated carbocycles. The molecule has 4 rings (SSSR count). The van der Waals surface area contributed by atoms with Crippen LogP contribution in [0.2, 0.25) is 0 Å². The van der Waals surface area contributed by atoms with Crippen LogP contribution >= 0.6 is 15.9 Å². The van der Waals surface area contributed by atoms with Crippen LogP contribution in [0.15, 0.2) is 77.4 Å². The zero-order valence-electron chi connectivity index (χ0n) is 14.2. The molecule has 6 nitrogen and oxygen atoms in total. The summed E-state index contributed by atoms with van der Waals surface area (Å²) in [6, 6.07) is 20.4. The zero-order valence-corrected chi connectivity index (χ0v) is 15.8. The molecule has 0 spiro atoms. The summed E-state index contributed by atoms with van der Waals surface area (Å²) < 4.78 is 2.86. The van der Waals surface area contributed by atoms with E-state index in [-0.39, 0.29) is 5.69 Å². The fourth-order valence-electron chi connectivity index (χ4n) is 2.94. The van der Waals surface area contributed by atoms with E-state index in [2.05, 4.69) is 21.2 Å². The van der Waals surface area contributed by atoms with Gasteiger partial charge in [0.15, 0.2) is 0 Å². The highest BCUT2D eigenvalue weighted by molar-refractivity contribution is 9.10. The van der Waals surface area contributed by atoms with Gasteiger partial charge in [-0.15, -0.1) is 0 Å². The van der Waals surface area contributed by atoms with Crippen molar-refractivity contribution in [1.29, 1.82) is 0 Å². The first-order chi connectivity index (χ1) is 13.1. The number of nitro benzene ring substituents is 1. The molecule has 0 fully saturated rings. The number of nitrogens with one attached hydrogen (secondary N) is 1. The van der Waals surface area contributed by atoms with Crippen LogP contribution in [-0.4, -0.2) is 14.3 Å². The van der Waals surface area contributed by atoms with Crippen molar-refractivity contribution in [2.24, 2.45) is 0 Å². The Balaban J connectivity index is 1.82. The van der Waals surface area contributed by atoms with Crippen LogP contribution < -0.4 is 5.32 Å². The van der Waals surface area contributed by atoms with Gasteiger partial charge in [0.05, 0.1) is 4.92 Å². The van der Waals surface area contributed by atoms with Crippen molar-refractivity contribution < 1.29 is 4.92 Å². The molecule has 0 atom stereocenters. The van der Waals surface area contributed by atoms with Gasteiger partial charge in [-0.2, -0.15) is 0 Å². The Morgan fingerprint density at radius 2 is 1.89 bits per heavy atom. The van der Waals surface area contributed by atoms with Crippen LogP contribution in [0, 0.1) is 10.1 Å². The van der Waals surface area contributed by atoms with E-state index >= 15 is 0 Å². The van der Waals surface area contributed by atoms with Crippen LogP contribution in [0.5, 0.6) is 0 Å². The number of rotatable bonds is 5.